The van der Waals surface area contributed by atoms with Gasteiger partial charge in [0.15, 0.2) is 0 Å². The minimum atomic E-state index is -0.982. The largest absolute Gasteiger partial charge is 0.491 e. The van der Waals surface area contributed by atoms with Crippen LogP contribution in [0.5, 0.6) is 0 Å². The van der Waals surface area contributed by atoms with Crippen molar-refractivity contribution < 1.29 is 19.3 Å². The average Bonchev–Trinajstić information content (AvgIpc) is 2.94. The van der Waals surface area contributed by atoms with Crippen LogP contribution in [0, 0.1) is 5.92 Å². The van der Waals surface area contributed by atoms with Crippen molar-refractivity contribution in [3.05, 3.63) is 29.3 Å². The highest BCUT2D eigenvalue weighted by Gasteiger charge is 2.28. The summed E-state index contributed by atoms with van der Waals surface area (Å²) >= 11 is 1.59. The minimum absolute atomic E-state index is 0.130. The topological polar surface area (TPSA) is 102 Å². The monoisotopic (exact) mass is 336 g/mol. The summed E-state index contributed by atoms with van der Waals surface area (Å²) in [4.78, 5) is 23.4. The molecule has 0 aromatic heterocycles. The second kappa shape index (κ2) is 8.49. The van der Waals surface area contributed by atoms with Gasteiger partial charge < -0.3 is 25.5 Å². The molecule has 0 spiro atoms. The van der Waals surface area contributed by atoms with Gasteiger partial charge in [0, 0.05) is 29.8 Å². The molecule has 0 bridgehead atoms. The Morgan fingerprint density at radius 3 is 3.04 bits per heavy atom. The van der Waals surface area contributed by atoms with E-state index in [4.69, 9.17) is 10.4 Å². The van der Waals surface area contributed by atoms with E-state index in [2.05, 4.69) is 5.32 Å². The fourth-order valence-corrected chi connectivity index (χ4v) is 3.22. The SMILES string of the molecule is CSCC(C=O)CC(CN)NC(=O)c1ccc2c(c1)B(O)OC2. The highest BCUT2D eigenvalue weighted by molar-refractivity contribution is 7.98. The Hall–Kier alpha value is -1.35. The van der Waals surface area contributed by atoms with Crippen molar-refractivity contribution in [1.82, 2.24) is 5.32 Å². The molecule has 1 aliphatic heterocycles. The molecule has 4 N–H and O–H groups in total. The highest BCUT2D eigenvalue weighted by atomic mass is 32.2. The second-order valence-corrected chi connectivity index (χ2v) is 6.48. The van der Waals surface area contributed by atoms with Crippen LogP contribution in [0.3, 0.4) is 0 Å². The number of aldehydes is 1. The molecule has 1 aliphatic rings. The average molecular weight is 336 g/mol. The number of nitrogens with two attached hydrogens (primary N) is 1. The van der Waals surface area contributed by atoms with Crippen LogP contribution in [0.25, 0.3) is 0 Å². The van der Waals surface area contributed by atoms with Crippen LogP contribution in [-0.2, 0) is 16.1 Å². The highest BCUT2D eigenvalue weighted by Crippen LogP contribution is 2.13. The zero-order valence-electron chi connectivity index (χ0n) is 13.0. The van der Waals surface area contributed by atoms with Crippen molar-refractivity contribution in [1.29, 1.82) is 0 Å². The molecule has 1 heterocycles. The third-order valence-electron chi connectivity index (χ3n) is 3.85. The maximum atomic E-state index is 12.4. The van der Waals surface area contributed by atoms with E-state index < -0.39 is 7.12 Å². The number of nitrogens with one attached hydrogen (secondary N) is 1. The van der Waals surface area contributed by atoms with Crippen molar-refractivity contribution in [2.24, 2.45) is 11.7 Å². The van der Waals surface area contributed by atoms with Gasteiger partial charge in [0.05, 0.1) is 6.61 Å². The predicted octanol–water partition coefficient (Wildman–Crippen LogP) is -0.470. The van der Waals surface area contributed by atoms with E-state index in [1.54, 1.807) is 30.0 Å². The first kappa shape index (κ1) is 18.0. The summed E-state index contributed by atoms with van der Waals surface area (Å²) in [5.74, 6) is 0.309. The van der Waals surface area contributed by atoms with Crippen LogP contribution in [0.2, 0.25) is 0 Å². The molecule has 8 heteroatoms. The Morgan fingerprint density at radius 1 is 1.61 bits per heavy atom. The van der Waals surface area contributed by atoms with Crippen LogP contribution in [-0.4, -0.2) is 48.9 Å². The van der Waals surface area contributed by atoms with E-state index in [0.29, 0.717) is 29.8 Å². The van der Waals surface area contributed by atoms with Gasteiger partial charge in [-0.25, -0.2) is 0 Å². The van der Waals surface area contributed by atoms with Crippen molar-refractivity contribution in [3.8, 4) is 0 Å². The van der Waals surface area contributed by atoms with Gasteiger partial charge in [-0.15, -0.1) is 0 Å². The van der Waals surface area contributed by atoms with Gasteiger partial charge in [0.1, 0.15) is 6.29 Å². The fourth-order valence-electron chi connectivity index (χ4n) is 2.58. The number of benzene rings is 1. The lowest BCUT2D eigenvalue weighted by Crippen LogP contribution is -2.42. The number of thioether (sulfide) groups is 1. The molecule has 1 aromatic rings. The van der Waals surface area contributed by atoms with E-state index >= 15 is 0 Å². The third kappa shape index (κ3) is 4.57. The standard InChI is InChI=1S/C15H21BN2O4S/c1-23-9-10(7-19)4-13(6-17)18-15(20)11-2-3-12-8-22-16(21)14(12)5-11/h2-3,5,7,10,13,21H,4,6,8-9,17H2,1H3,(H,18,20). The number of rotatable bonds is 8. The van der Waals surface area contributed by atoms with Crippen LogP contribution < -0.4 is 16.5 Å². The van der Waals surface area contributed by atoms with E-state index in [1.807, 2.05) is 6.26 Å². The van der Waals surface area contributed by atoms with Gasteiger partial charge in [0.2, 0.25) is 0 Å². The number of hydrogen-bond acceptors (Lipinski definition) is 6. The van der Waals surface area contributed by atoms with E-state index in [9.17, 15) is 14.6 Å². The molecule has 2 atom stereocenters. The Morgan fingerprint density at radius 2 is 2.39 bits per heavy atom. The summed E-state index contributed by atoms with van der Waals surface area (Å²) in [7, 11) is -0.982. The van der Waals surface area contributed by atoms with Crippen LogP contribution in [0.1, 0.15) is 22.3 Å². The quantitative estimate of drug-likeness (QED) is 0.438. The molecule has 0 aliphatic carbocycles. The molecule has 6 nitrogen and oxygen atoms in total. The van der Waals surface area contributed by atoms with E-state index in [0.717, 1.165) is 11.8 Å². The number of amides is 1. The molecule has 0 saturated heterocycles. The lowest BCUT2D eigenvalue weighted by molar-refractivity contribution is -0.110. The predicted molar refractivity (Wildman–Crippen MR) is 91.7 cm³/mol. The van der Waals surface area contributed by atoms with Crippen LogP contribution in [0.4, 0.5) is 0 Å². The lowest BCUT2D eigenvalue weighted by Gasteiger charge is -2.20. The summed E-state index contributed by atoms with van der Waals surface area (Å²) in [5, 5.41) is 12.6. The zero-order chi connectivity index (χ0) is 16.8. The number of carbonyl (C=O) groups excluding carboxylic acids is 2. The summed E-state index contributed by atoms with van der Waals surface area (Å²) in [6, 6.07) is 4.84. The van der Waals surface area contributed by atoms with Crippen LogP contribution in [0.15, 0.2) is 18.2 Å². The van der Waals surface area contributed by atoms with Crippen molar-refractivity contribution in [2.75, 3.05) is 18.6 Å². The van der Waals surface area contributed by atoms with Crippen LogP contribution >= 0.6 is 11.8 Å². The zero-order valence-corrected chi connectivity index (χ0v) is 13.8. The molecule has 2 rings (SSSR count). The normalized spacial score (nSPS) is 15.9. The molecule has 0 saturated carbocycles. The second-order valence-electron chi connectivity index (χ2n) is 5.57. The first-order chi connectivity index (χ1) is 11.1. The summed E-state index contributed by atoms with van der Waals surface area (Å²) < 4.78 is 5.12. The van der Waals surface area contributed by atoms with Crippen molar-refractivity contribution >= 4 is 36.5 Å². The first-order valence-corrected chi connectivity index (χ1v) is 8.86. The molecule has 1 aromatic carbocycles. The summed E-state index contributed by atoms with van der Waals surface area (Å²) in [5.41, 5.74) is 7.66. The third-order valence-corrected chi connectivity index (χ3v) is 4.61. The molecular weight excluding hydrogens is 315 g/mol. The Kier molecular flexibility index (Phi) is 6.65. The Balaban J connectivity index is 2.02. The van der Waals surface area contributed by atoms with Gasteiger partial charge in [-0.3, -0.25) is 4.79 Å². The maximum absolute atomic E-state index is 12.4. The summed E-state index contributed by atoms with van der Waals surface area (Å²) in [6.45, 7) is 0.612. The smallest absolute Gasteiger partial charge is 0.423 e. The molecule has 124 valence electrons. The Labute approximate surface area is 140 Å². The maximum Gasteiger partial charge on any atom is 0.491 e. The van der Waals surface area contributed by atoms with Gasteiger partial charge in [-0.05, 0) is 35.8 Å². The number of carbonyl (C=O) groups is 2. The van der Waals surface area contributed by atoms with Crippen molar-refractivity contribution in [3.63, 3.8) is 0 Å². The Bertz CT molecular complexity index is 572. The molecule has 0 radical (unpaired) electrons. The summed E-state index contributed by atoms with van der Waals surface area (Å²) in [6.07, 6.45) is 3.36. The van der Waals surface area contributed by atoms with Gasteiger partial charge in [-0.1, -0.05) is 6.07 Å². The van der Waals surface area contributed by atoms with Crippen molar-refractivity contribution in [2.45, 2.75) is 19.1 Å². The van der Waals surface area contributed by atoms with Gasteiger partial charge in [0.25, 0.3) is 5.91 Å². The molecule has 2 unspecified atom stereocenters. The van der Waals surface area contributed by atoms with Gasteiger partial charge >= 0.3 is 7.12 Å². The lowest BCUT2D eigenvalue weighted by atomic mass is 9.78. The number of fused-ring (bicyclic) bond motifs is 1. The molecular formula is C15H21BN2O4S. The fraction of sp³-hybridized carbons (Fsp3) is 0.467. The molecule has 0 fully saturated rings. The molecule has 1 amide bonds. The van der Waals surface area contributed by atoms with Gasteiger partial charge in [-0.2, -0.15) is 11.8 Å². The first-order valence-electron chi connectivity index (χ1n) is 7.46. The minimum Gasteiger partial charge on any atom is -0.423 e. The number of hydrogen-bond donors (Lipinski definition) is 3. The van der Waals surface area contributed by atoms with E-state index in [-0.39, 0.29) is 24.4 Å². The molecule has 23 heavy (non-hydrogen) atoms. The van der Waals surface area contributed by atoms with E-state index in [1.165, 1.54) is 0 Å².